The fourth-order valence-electron chi connectivity index (χ4n) is 1.12. The van der Waals surface area contributed by atoms with E-state index in [1.807, 2.05) is 24.3 Å². The summed E-state index contributed by atoms with van der Waals surface area (Å²) in [4.78, 5) is 11.3. The van der Waals surface area contributed by atoms with Gasteiger partial charge >= 0.3 is 0 Å². The van der Waals surface area contributed by atoms with Crippen LogP contribution in [0.15, 0.2) is 24.3 Å². The van der Waals surface area contributed by atoms with Crippen LogP contribution in [0.3, 0.4) is 0 Å². The van der Waals surface area contributed by atoms with Crippen molar-refractivity contribution in [3.63, 3.8) is 0 Å². The van der Waals surface area contributed by atoms with Crippen LogP contribution >= 0.6 is 12.6 Å². The molecule has 1 amide bonds. The molecule has 3 heteroatoms. The van der Waals surface area contributed by atoms with E-state index in [9.17, 15) is 4.79 Å². The molecule has 0 heterocycles. The smallest absolute Gasteiger partial charge is 0.236 e. The molecular formula is C11H15NOS. The Morgan fingerprint density at radius 2 is 2.29 bits per heavy atom. The number of hydrogen-bond donors (Lipinski definition) is 2. The summed E-state index contributed by atoms with van der Waals surface area (Å²) in [6, 6.07) is 7.85. The largest absolute Gasteiger partial charge is 0.325 e. The molecule has 1 rings (SSSR count). The molecule has 0 spiro atoms. The second-order valence-electron chi connectivity index (χ2n) is 3.22. The lowest BCUT2D eigenvalue weighted by molar-refractivity contribution is -0.115. The first-order valence-electron chi connectivity index (χ1n) is 4.71. The van der Waals surface area contributed by atoms with Crippen molar-refractivity contribution in [2.45, 2.75) is 25.5 Å². The molecule has 0 saturated heterocycles. The van der Waals surface area contributed by atoms with Gasteiger partial charge in [-0.25, -0.2) is 0 Å². The summed E-state index contributed by atoms with van der Waals surface area (Å²) in [5.41, 5.74) is 2.06. The molecule has 0 fully saturated rings. The van der Waals surface area contributed by atoms with Crippen LogP contribution < -0.4 is 5.32 Å². The molecule has 1 aromatic carbocycles. The van der Waals surface area contributed by atoms with Gasteiger partial charge in [0, 0.05) is 5.69 Å². The highest BCUT2D eigenvalue weighted by Crippen LogP contribution is 2.11. The third-order valence-electron chi connectivity index (χ3n) is 1.98. The van der Waals surface area contributed by atoms with Crippen LogP contribution in [-0.4, -0.2) is 11.2 Å². The number of aryl methyl sites for hydroxylation is 1. The lowest BCUT2D eigenvalue weighted by Gasteiger charge is -2.07. The predicted molar refractivity (Wildman–Crippen MR) is 62.9 cm³/mol. The Kier molecular flexibility index (Phi) is 4.01. The third kappa shape index (κ3) is 3.07. The van der Waals surface area contributed by atoms with E-state index in [-0.39, 0.29) is 11.2 Å². The number of rotatable bonds is 3. The summed E-state index contributed by atoms with van der Waals surface area (Å²) in [7, 11) is 0. The van der Waals surface area contributed by atoms with Crippen molar-refractivity contribution in [3.05, 3.63) is 29.8 Å². The van der Waals surface area contributed by atoms with Gasteiger partial charge in [-0.2, -0.15) is 12.6 Å². The molecule has 1 N–H and O–H groups in total. The molecule has 1 aromatic rings. The van der Waals surface area contributed by atoms with E-state index in [4.69, 9.17) is 0 Å². The Morgan fingerprint density at radius 3 is 2.86 bits per heavy atom. The average molecular weight is 209 g/mol. The van der Waals surface area contributed by atoms with E-state index < -0.39 is 0 Å². The van der Waals surface area contributed by atoms with Crippen LogP contribution in [0, 0.1) is 0 Å². The van der Waals surface area contributed by atoms with Crippen LogP contribution in [0.4, 0.5) is 5.69 Å². The Morgan fingerprint density at radius 1 is 1.57 bits per heavy atom. The lowest BCUT2D eigenvalue weighted by atomic mass is 10.1. The van der Waals surface area contributed by atoms with Crippen LogP contribution in [-0.2, 0) is 11.2 Å². The van der Waals surface area contributed by atoms with E-state index in [2.05, 4.69) is 24.9 Å². The van der Waals surface area contributed by atoms with Gasteiger partial charge in [0.1, 0.15) is 0 Å². The molecule has 14 heavy (non-hydrogen) atoms. The van der Waals surface area contributed by atoms with E-state index >= 15 is 0 Å². The highest BCUT2D eigenvalue weighted by Gasteiger charge is 2.07. The summed E-state index contributed by atoms with van der Waals surface area (Å²) in [5, 5.41) is 2.52. The van der Waals surface area contributed by atoms with Gasteiger partial charge in [0.05, 0.1) is 5.25 Å². The zero-order valence-electron chi connectivity index (χ0n) is 8.45. The first kappa shape index (κ1) is 11.1. The van der Waals surface area contributed by atoms with E-state index in [0.29, 0.717) is 0 Å². The number of benzene rings is 1. The van der Waals surface area contributed by atoms with Crippen molar-refractivity contribution in [1.29, 1.82) is 0 Å². The van der Waals surface area contributed by atoms with E-state index in [1.54, 1.807) is 6.92 Å². The fourth-order valence-corrected chi connectivity index (χ4v) is 1.18. The first-order valence-corrected chi connectivity index (χ1v) is 5.23. The average Bonchev–Trinajstić information content (AvgIpc) is 2.18. The maximum absolute atomic E-state index is 11.3. The standard InChI is InChI=1S/C11H15NOS/c1-3-9-5-4-6-10(7-9)12-11(13)8(2)14/h4-8,14H,3H2,1-2H3,(H,12,13). The van der Waals surface area contributed by atoms with Crippen molar-refractivity contribution in [2.24, 2.45) is 0 Å². The predicted octanol–water partition coefficient (Wildman–Crippen LogP) is 2.51. The minimum atomic E-state index is -0.278. The lowest BCUT2D eigenvalue weighted by Crippen LogP contribution is -2.20. The minimum absolute atomic E-state index is 0.0680. The van der Waals surface area contributed by atoms with Crippen LogP contribution in [0.25, 0.3) is 0 Å². The fraction of sp³-hybridized carbons (Fsp3) is 0.364. The van der Waals surface area contributed by atoms with E-state index in [0.717, 1.165) is 12.1 Å². The zero-order chi connectivity index (χ0) is 10.6. The van der Waals surface area contributed by atoms with Gasteiger partial charge < -0.3 is 5.32 Å². The number of amides is 1. The molecule has 0 radical (unpaired) electrons. The zero-order valence-corrected chi connectivity index (χ0v) is 9.34. The van der Waals surface area contributed by atoms with Crippen molar-refractivity contribution in [1.82, 2.24) is 0 Å². The Labute approximate surface area is 90.1 Å². The molecule has 1 unspecified atom stereocenters. The Bertz CT molecular complexity index is 323. The molecule has 76 valence electrons. The van der Waals surface area contributed by atoms with Gasteiger partial charge in [-0.05, 0) is 31.0 Å². The summed E-state index contributed by atoms with van der Waals surface area (Å²) in [6.45, 7) is 3.84. The van der Waals surface area contributed by atoms with Gasteiger partial charge in [-0.3, -0.25) is 4.79 Å². The van der Waals surface area contributed by atoms with Gasteiger partial charge in [0.15, 0.2) is 0 Å². The molecule has 0 saturated carbocycles. The summed E-state index contributed by atoms with van der Waals surface area (Å²) >= 11 is 4.06. The number of thiol groups is 1. The van der Waals surface area contributed by atoms with Gasteiger partial charge in [-0.1, -0.05) is 19.1 Å². The number of anilines is 1. The van der Waals surface area contributed by atoms with Crippen molar-refractivity contribution in [3.8, 4) is 0 Å². The highest BCUT2D eigenvalue weighted by atomic mass is 32.1. The number of hydrogen-bond acceptors (Lipinski definition) is 2. The SMILES string of the molecule is CCc1cccc(NC(=O)C(C)S)c1. The molecular weight excluding hydrogens is 194 g/mol. The third-order valence-corrected chi connectivity index (χ3v) is 2.22. The van der Waals surface area contributed by atoms with Crippen molar-refractivity contribution < 1.29 is 4.79 Å². The second kappa shape index (κ2) is 5.05. The topological polar surface area (TPSA) is 29.1 Å². The molecule has 0 bridgehead atoms. The van der Waals surface area contributed by atoms with Crippen LogP contribution in [0.1, 0.15) is 19.4 Å². The first-order chi connectivity index (χ1) is 6.63. The summed E-state index contributed by atoms with van der Waals surface area (Å²) in [5.74, 6) is -0.0680. The Hall–Kier alpha value is -0.960. The maximum Gasteiger partial charge on any atom is 0.236 e. The number of carbonyl (C=O) groups is 1. The highest BCUT2D eigenvalue weighted by molar-refractivity contribution is 7.81. The van der Waals surface area contributed by atoms with Crippen LogP contribution in [0.2, 0.25) is 0 Å². The molecule has 0 aliphatic rings. The number of nitrogens with one attached hydrogen (secondary N) is 1. The molecule has 0 aliphatic heterocycles. The second-order valence-corrected chi connectivity index (χ2v) is 3.99. The molecule has 1 atom stereocenters. The quantitative estimate of drug-likeness (QED) is 0.736. The van der Waals surface area contributed by atoms with Gasteiger partial charge in [0.25, 0.3) is 0 Å². The molecule has 0 aromatic heterocycles. The Balaban J connectivity index is 2.72. The molecule has 2 nitrogen and oxygen atoms in total. The minimum Gasteiger partial charge on any atom is -0.325 e. The van der Waals surface area contributed by atoms with Crippen LogP contribution in [0.5, 0.6) is 0 Å². The number of carbonyl (C=O) groups excluding carboxylic acids is 1. The monoisotopic (exact) mass is 209 g/mol. The van der Waals surface area contributed by atoms with Crippen molar-refractivity contribution in [2.75, 3.05) is 5.32 Å². The van der Waals surface area contributed by atoms with E-state index in [1.165, 1.54) is 5.56 Å². The molecule has 0 aliphatic carbocycles. The van der Waals surface area contributed by atoms with Crippen molar-refractivity contribution >= 4 is 24.2 Å². The normalized spacial score (nSPS) is 12.2. The summed E-state index contributed by atoms with van der Waals surface area (Å²) in [6.07, 6.45) is 0.972. The summed E-state index contributed by atoms with van der Waals surface area (Å²) < 4.78 is 0. The van der Waals surface area contributed by atoms with Gasteiger partial charge in [0.2, 0.25) is 5.91 Å². The van der Waals surface area contributed by atoms with Gasteiger partial charge in [-0.15, -0.1) is 0 Å². The maximum atomic E-state index is 11.3.